The Bertz CT molecular complexity index is 528. The van der Waals surface area contributed by atoms with Gasteiger partial charge in [0.1, 0.15) is 12.5 Å². The Morgan fingerprint density at radius 1 is 1.24 bits per heavy atom. The van der Waals surface area contributed by atoms with Crippen molar-refractivity contribution in [1.82, 2.24) is 4.90 Å². The van der Waals surface area contributed by atoms with Crippen LogP contribution in [0, 0.1) is 5.92 Å². The lowest BCUT2D eigenvalue weighted by atomic mass is 10.1. The molecule has 21 heavy (non-hydrogen) atoms. The van der Waals surface area contributed by atoms with Gasteiger partial charge in [-0.2, -0.15) is 0 Å². The summed E-state index contributed by atoms with van der Waals surface area (Å²) in [6, 6.07) is 9.17. The first-order chi connectivity index (χ1) is 10.1. The fraction of sp³-hybridized carbons (Fsp3) is 0.400. The Hall–Kier alpha value is -2.37. The lowest BCUT2D eigenvalue weighted by Crippen LogP contribution is -2.36. The van der Waals surface area contributed by atoms with Crippen molar-refractivity contribution in [2.24, 2.45) is 5.92 Å². The number of benzene rings is 1. The smallest absolute Gasteiger partial charge is 0.416 e. The minimum Gasteiger partial charge on any atom is -0.465 e. The number of carbonyl (C=O) groups excluding carboxylic acids is 3. The summed E-state index contributed by atoms with van der Waals surface area (Å²) in [5, 5.41) is 0. The normalized spacial score (nSPS) is 17.7. The Kier molecular flexibility index (Phi) is 4.92. The second kappa shape index (κ2) is 6.88. The fourth-order valence-electron chi connectivity index (χ4n) is 2.12. The van der Waals surface area contributed by atoms with Crippen molar-refractivity contribution in [3.05, 3.63) is 35.9 Å². The van der Waals surface area contributed by atoms with E-state index in [0.29, 0.717) is 0 Å². The third-order valence-corrected chi connectivity index (χ3v) is 3.20. The first kappa shape index (κ1) is 15.0. The van der Waals surface area contributed by atoms with E-state index >= 15 is 0 Å². The molecule has 0 radical (unpaired) electrons. The zero-order chi connectivity index (χ0) is 15.2. The van der Waals surface area contributed by atoms with E-state index in [9.17, 15) is 14.4 Å². The molecule has 1 aromatic rings. The van der Waals surface area contributed by atoms with Crippen LogP contribution in [-0.2, 0) is 25.7 Å². The summed E-state index contributed by atoms with van der Waals surface area (Å²) in [4.78, 5) is 36.4. The van der Waals surface area contributed by atoms with E-state index in [0.717, 1.165) is 10.5 Å². The highest BCUT2D eigenvalue weighted by Crippen LogP contribution is 2.20. The minimum absolute atomic E-state index is 0.0908. The second-order valence-electron chi connectivity index (χ2n) is 4.62. The summed E-state index contributed by atoms with van der Waals surface area (Å²) in [7, 11) is 0. The molecule has 0 saturated carbocycles. The zero-order valence-corrected chi connectivity index (χ0v) is 11.8. The standard InChI is InChI=1S/C15H17NO5/c1-2-20-14(18)12-8-9-16(13(12)17)15(19)21-10-11-6-4-3-5-7-11/h3-7,12H,2,8-10H2,1H3. The second-order valence-corrected chi connectivity index (χ2v) is 4.62. The molecule has 1 aromatic carbocycles. The minimum atomic E-state index is -0.894. The maximum Gasteiger partial charge on any atom is 0.416 e. The SMILES string of the molecule is CCOC(=O)C1CCN(C(=O)OCc2ccccc2)C1=O. The van der Waals surface area contributed by atoms with Gasteiger partial charge in [-0.15, -0.1) is 0 Å². The van der Waals surface area contributed by atoms with Gasteiger partial charge < -0.3 is 9.47 Å². The molecule has 112 valence electrons. The Balaban J connectivity index is 1.89. The van der Waals surface area contributed by atoms with Crippen molar-refractivity contribution in [1.29, 1.82) is 0 Å². The van der Waals surface area contributed by atoms with Crippen molar-refractivity contribution in [3.8, 4) is 0 Å². The van der Waals surface area contributed by atoms with Crippen molar-refractivity contribution >= 4 is 18.0 Å². The molecule has 2 amide bonds. The van der Waals surface area contributed by atoms with Crippen molar-refractivity contribution in [2.45, 2.75) is 20.0 Å². The zero-order valence-electron chi connectivity index (χ0n) is 11.8. The average molecular weight is 291 g/mol. The van der Waals surface area contributed by atoms with Crippen LogP contribution in [0.2, 0.25) is 0 Å². The Morgan fingerprint density at radius 3 is 2.62 bits per heavy atom. The molecule has 2 rings (SSSR count). The number of esters is 1. The molecule has 0 aliphatic carbocycles. The number of imide groups is 1. The quantitative estimate of drug-likeness (QED) is 0.624. The number of likely N-dealkylation sites (tertiary alicyclic amines) is 1. The van der Waals surface area contributed by atoms with Crippen LogP contribution in [0.5, 0.6) is 0 Å². The van der Waals surface area contributed by atoms with Crippen molar-refractivity contribution < 1.29 is 23.9 Å². The van der Waals surface area contributed by atoms with Crippen LogP contribution in [0.1, 0.15) is 18.9 Å². The molecule has 0 aromatic heterocycles. The number of carbonyl (C=O) groups is 3. The molecule has 1 fully saturated rings. The van der Waals surface area contributed by atoms with Gasteiger partial charge in [0.15, 0.2) is 0 Å². The molecule has 1 aliphatic heterocycles. The third-order valence-electron chi connectivity index (χ3n) is 3.20. The van der Waals surface area contributed by atoms with Gasteiger partial charge in [0.2, 0.25) is 5.91 Å². The van der Waals surface area contributed by atoms with E-state index in [-0.39, 0.29) is 26.2 Å². The number of hydrogen-bond acceptors (Lipinski definition) is 5. The molecule has 6 heteroatoms. The molecule has 1 heterocycles. The van der Waals surface area contributed by atoms with Crippen LogP contribution in [0.3, 0.4) is 0 Å². The van der Waals surface area contributed by atoms with Crippen LogP contribution >= 0.6 is 0 Å². The van der Waals surface area contributed by atoms with Crippen LogP contribution in [0.4, 0.5) is 4.79 Å². The molecule has 1 atom stereocenters. The van der Waals surface area contributed by atoms with Crippen LogP contribution in [-0.4, -0.2) is 36.0 Å². The lowest BCUT2D eigenvalue weighted by Gasteiger charge is -2.14. The molecule has 6 nitrogen and oxygen atoms in total. The first-order valence-electron chi connectivity index (χ1n) is 6.82. The van der Waals surface area contributed by atoms with E-state index in [1.165, 1.54) is 0 Å². The molecular weight excluding hydrogens is 274 g/mol. The van der Waals surface area contributed by atoms with Crippen molar-refractivity contribution in [2.75, 3.05) is 13.2 Å². The summed E-state index contributed by atoms with van der Waals surface area (Å²) in [5.74, 6) is -2.03. The van der Waals surface area contributed by atoms with E-state index in [1.807, 2.05) is 30.3 Å². The number of nitrogens with zero attached hydrogens (tertiary/aromatic N) is 1. The molecule has 1 unspecified atom stereocenters. The van der Waals surface area contributed by atoms with Crippen LogP contribution in [0.15, 0.2) is 30.3 Å². The third kappa shape index (κ3) is 3.59. The first-order valence-corrected chi connectivity index (χ1v) is 6.82. The van der Waals surface area contributed by atoms with E-state index in [1.54, 1.807) is 6.92 Å². The Labute approximate surface area is 122 Å². The van der Waals surface area contributed by atoms with Gasteiger partial charge in [-0.05, 0) is 18.9 Å². The Morgan fingerprint density at radius 2 is 1.95 bits per heavy atom. The predicted molar refractivity (Wildman–Crippen MR) is 73.1 cm³/mol. The molecule has 1 aliphatic rings. The van der Waals surface area contributed by atoms with E-state index < -0.39 is 23.9 Å². The number of hydrogen-bond donors (Lipinski definition) is 0. The van der Waals surface area contributed by atoms with Gasteiger partial charge in [0.25, 0.3) is 0 Å². The highest BCUT2D eigenvalue weighted by atomic mass is 16.6. The van der Waals surface area contributed by atoms with Gasteiger partial charge in [0, 0.05) is 6.54 Å². The molecule has 0 spiro atoms. The largest absolute Gasteiger partial charge is 0.465 e. The number of amides is 2. The molecule has 1 saturated heterocycles. The monoisotopic (exact) mass is 291 g/mol. The lowest BCUT2D eigenvalue weighted by molar-refractivity contribution is -0.152. The van der Waals surface area contributed by atoms with E-state index in [2.05, 4.69) is 0 Å². The summed E-state index contributed by atoms with van der Waals surface area (Å²) in [6.07, 6.45) is -0.450. The highest BCUT2D eigenvalue weighted by Gasteiger charge is 2.41. The predicted octanol–water partition coefficient (Wildman–Crippen LogP) is 1.73. The number of ether oxygens (including phenoxy) is 2. The highest BCUT2D eigenvalue weighted by molar-refractivity contribution is 6.05. The maximum atomic E-state index is 12.0. The maximum absolute atomic E-state index is 12.0. The van der Waals surface area contributed by atoms with Crippen molar-refractivity contribution in [3.63, 3.8) is 0 Å². The summed E-state index contributed by atoms with van der Waals surface area (Å²) in [5.41, 5.74) is 0.833. The van der Waals surface area contributed by atoms with Gasteiger partial charge >= 0.3 is 12.1 Å². The summed E-state index contributed by atoms with van der Waals surface area (Å²) in [6.45, 7) is 2.15. The topological polar surface area (TPSA) is 72.9 Å². The van der Waals surface area contributed by atoms with Gasteiger partial charge in [-0.1, -0.05) is 30.3 Å². The van der Waals surface area contributed by atoms with Crippen LogP contribution in [0.25, 0.3) is 0 Å². The van der Waals surface area contributed by atoms with Gasteiger partial charge in [0.05, 0.1) is 6.61 Å². The van der Waals surface area contributed by atoms with Crippen LogP contribution < -0.4 is 0 Å². The molecular formula is C15H17NO5. The van der Waals surface area contributed by atoms with Gasteiger partial charge in [-0.25, -0.2) is 9.69 Å². The average Bonchev–Trinajstić information content (AvgIpc) is 2.88. The summed E-state index contributed by atoms with van der Waals surface area (Å²) >= 11 is 0. The summed E-state index contributed by atoms with van der Waals surface area (Å²) < 4.78 is 9.90. The van der Waals surface area contributed by atoms with E-state index in [4.69, 9.17) is 9.47 Å². The number of rotatable bonds is 4. The van der Waals surface area contributed by atoms with Gasteiger partial charge in [-0.3, -0.25) is 9.59 Å². The fourth-order valence-corrected chi connectivity index (χ4v) is 2.12. The molecule has 0 bridgehead atoms. The molecule has 0 N–H and O–H groups in total.